The van der Waals surface area contributed by atoms with E-state index in [9.17, 15) is 0 Å². The van der Waals surface area contributed by atoms with E-state index in [2.05, 4.69) is 28.8 Å². The third kappa shape index (κ3) is 2.37. The predicted molar refractivity (Wildman–Crippen MR) is 67.4 cm³/mol. The third-order valence-corrected chi connectivity index (χ3v) is 2.36. The van der Waals surface area contributed by atoms with Crippen LogP contribution in [0, 0.1) is 0 Å². The molecule has 3 nitrogen and oxygen atoms in total. The molecule has 1 aromatic carbocycles. The molecule has 0 amide bonds. The number of aromatic nitrogens is 2. The molecule has 1 N–H and O–H groups in total. The molecule has 1 aromatic heterocycles. The van der Waals surface area contributed by atoms with Gasteiger partial charge in [-0.3, -0.25) is 4.98 Å². The topological polar surface area (TPSA) is 37.8 Å². The van der Waals surface area contributed by atoms with Crippen LogP contribution in [0.2, 0.25) is 0 Å². The van der Waals surface area contributed by atoms with Crippen LogP contribution in [-0.2, 0) is 0 Å². The van der Waals surface area contributed by atoms with E-state index in [1.54, 1.807) is 6.20 Å². The monoisotopic (exact) mass is 213 g/mol. The molecule has 0 saturated heterocycles. The number of nitrogens with one attached hydrogen (secondary N) is 1. The fraction of sp³-hybridized carbons (Fsp3) is 0.231. The van der Waals surface area contributed by atoms with E-state index >= 15 is 0 Å². The fourth-order valence-electron chi connectivity index (χ4n) is 1.59. The summed E-state index contributed by atoms with van der Waals surface area (Å²) in [7, 11) is 0. The van der Waals surface area contributed by atoms with E-state index in [0.717, 1.165) is 23.3 Å². The molecule has 2 rings (SSSR count). The molecule has 0 aliphatic rings. The van der Waals surface area contributed by atoms with Gasteiger partial charge in [0.1, 0.15) is 5.82 Å². The summed E-state index contributed by atoms with van der Waals surface area (Å²) in [6.45, 7) is 5.81. The van der Waals surface area contributed by atoms with Crippen molar-refractivity contribution in [1.82, 2.24) is 9.97 Å². The average molecular weight is 213 g/mol. The lowest BCUT2D eigenvalue weighted by Gasteiger charge is -2.12. The highest BCUT2D eigenvalue weighted by Gasteiger charge is 2.02. The molecular weight excluding hydrogens is 198 g/mol. The zero-order valence-electron chi connectivity index (χ0n) is 9.35. The van der Waals surface area contributed by atoms with E-state index in [-0.39, 0.29) is 0 Å². The van der Waals surface area contributed by atoms with Crippen LogP contribution in [0.1, 0.15) is 13.3 Å². The van der Waals surface area contributed by atoms with Gasteiger partial charge in [-0.2, -0.15) is 0 Å². The first-order valence-corrected chi connectivity index (χ1v) is 5.39. The van der Waals surface area contributed by atoms with Crippen molar-refractivity contribution in [1.29, 1.82) is 0 Å². The summed E-state index contributed by atoms with van der Waals surface area (Å²) in [5.74, 6) is 0.813. The second kappa shape index (κ2) is 4.75. The first-order chi connectivity index (χ1) is 7.79. The van der Waals surface area contributed by atoms with Crippen LogP contribution < -0.4 is 5.32 Å². The van der Waals surface area contributed by atoms with Gasteiger partial charge in [-0.05, 0) is 25.5 Å². The van der Waals surface area contributed by atoms with Gasteiger partial charge in [0, 0.05) is 6.04 Å². The lowest BCUT2D eigenvalue weighted by atomic mass is 10.2. The van der Waals surface area contributed by atoms with Crippen LogP contribution in [0.25, 0.3) is 11.0 Å². The van der Waals surface area contributed by atoms with Gasteiger partial charge in [-0.15, -0.1) is 6.58 Å². The summed E-state index contributed by atoms with van der Waals surface area (Å²) < 4.78 is 0. The quantitative estimate of drug-likeness (QED) is 0.793. The molecule has 3 heteroatoms. The zero-order chi connectivity index (χ0) is 11.4. The van der Waals surface area contributed by atoms with Crippen molar-refractivity contribution in [3.63, 3.8) is 0 Å². The molecule has 0 radical (unpaired) electrons. The summed E-state index contributed by atoms with van der Waals surface area (Å²) in [5.41, 5.74) is 1.84. The number of anilines is 1. The molecular formula is C13H15N3. The van der Waals surface area contributed by atoms with Crippen LogP contribution in [0.4, 0.5) is 5.82 Å². The lowest BCUT2D eigenvalue weighted by Crippen LogP contribution is -2.14. The molecule has 1 atom stereocenters. The molecule has 0 saturated carbocycles. The third-order valence-electron chi connectivity index (χ3n) is 2.36. The maximum Gasteiger partial charge on any atom is 0.145 e. The number of para-hydroxylation sites is 2. The number of benzene rings is 1. The van der Waals surface area contributed by atoms with Gasteiger partial charge in [-0.25, -0.2) is 4.98 Å². The maximum atomic E-state index is 4.49. The van der Waals surface area contributed by atoms with E-state index in [0.29, 0.717) is 6.04 Å². The SMILES string of the molecule is C=CCC(C)Nc1cnc2ccccc2n1. The van der Waals surface area contributed by atoms with Crippen molar-refractivity contribution in [3.05, 3.63) is 43.1 Å². The Kier molecular flexibility index (Phi) is 3.15. The average Bonchev–Trinajstić information content (AvgIpc) is 2.29. The Bertz CT molecular complexity index is 493. The summed E-state index contributed by atoms with van der Waals surface area (Å²) in [4.78, 5) is 8.83. The summed E-state index contributed by atoms with van der Waals surface area (Å²) in [6, 6.07) is 8.18. The maximum absolute atomic E-state index is 4.49. The normalized spacial score (nSPS) is 12.3. The minimum atomic E-state index is 0.327. The summed E-state index contributed by atoms with van der Waals surface area (Å²) >= 11 is 0. The Balaban J connectivity index is 2.22. The van der Waals surface area contributed by atoms with Gasteiger partial charge < -0.3 is 5.32 Å². The molecule has 0 aliphatic carbocycles. The van der Waals surface area contributed by atoms with Crippen LogP contribution in [0.15, 0.2) is 43.1 Å². The number of hydrogen-bond donors (Lipinski definition) is 1. The Labute approximate surface area is 95.2 Å². The Morgan fingerprint density at radius 2 is 2.12 bits per heavy atom. The molecule has 0 fully saturated rings. The molecule has 0 spiro atoms. The number of nitrogens with zero attached hydrogens (tertiary/aromatic N) is 2. The largest absolute Gasteiger partial charge is 0.366 e. The molecule has 2 aromatic rings. The van der Waals surface area contributed by atoms with E-state index in [1.165, 1.54) is 0 Å². The van der Waals surface area contributed by atoms with Gasteiger partial charge >= 0.3 is 0 Å². The predicted octanol–water partition coefficient (Wildman–Crippen LogP) is 3.01. The minimum Gasteiger partial charge on any atom is -0.366 e. The highest BCUT2D eigenvalue weighted by atomic mass is 15.0. The van der Waals surface area contributed by atoms with Crippen molar-refractivity contribution >= 4 is 16.9 Å². The van der Waals surface area contributed by atoms with Gasteiger partial charge in [0.05, 0.1) is 17.2 Å². The summed E-state index contributed by atoms with van der Waals surface area (Å²) in [5, 5.41) is 3.29. The molecule has 82 valence electrons. The van der Waals surface area contributed by atoms with E-state index in [1.807, 2.05) is 30.3 Å². The van der Waals surface area contributed by atoms with Crippen molar-refractivity contribution in [2.45, 2.75) is 19.4 Å². The minimum absolute atomic E-state index is 0.327. The first-order valence-electron chi connectivity index (χ1n) is 5.39. The van der Waals surface area contributed by atoms with Gasteiger partial charge in [0.15, 0.2) is 0 Å². The summed E-state index contributed by atoms with van der Waals surface area (Å²) in [6.07, 6.45) is 4.57. The molecule has 0 aliphatic heterocycles. The Morgan fingerprint density at radius 3 is 2.88 bits per heavy atom. The number of fused-ring (bicyclic) bond motifs is 1. The Hall–Kier alpha value is -1.90. The first kappa shape index (κ1) is 10.6. The molecule has 0 bridgehead atoms. The second-order valence-electron chi connectivity index (χ2n) is 3.81. The van der Waals surface area contributed by atoms with Crippen LogP contribution in [0.3, 0.4) is 0 Å². The highest BCUT2D eigenvalue weighted by molar-refractivity contribution is 5.75. The van der Waals surface area contributed by atoms with Gasteiger partial charge in [0.2, 0.25) is 0 Å². The van der Waals surface area contributed by atoms with Crippen LogP contribution >= 0.6 is 0 Å². The van der Waals surface area contributed by atoms with Crippen molar-refractivity contribution in [2.24, 2.45) is 0 Å². The molecule has 1 heterocycles. The highest BCUT2D eigenvalue weighted by Crippen LogP contribution is 2.12. The van der Waals surface area contributed by atoms with E-state index < -0.39 is 0 Å². The van der Waals surface area contributed by atoms with Gasteiger partial charge in [0.25, 0.3) is 0 Å². The standard InChI is InChI=1S/C13H15N3/c1-3-6-10(2)15-13-9-14-11-7-4-5-8-12(11)16-13/h3-5,7-10H,1,6H2,2H3,(H,15,16). The lowest BCUT2D eigenvalue weighted by molar-refractivity contribution is 0.807. The van der Waals surface area contributed by atoms with Crippen molar-refractivity contribution in [3.8, 4) is 0 Å². The van der Waals surface area contributed by atoms with Crippen molar-refractivity contribution < 1.29 is 0 Å². The molecule has 1 unspecified atom stereocenters. The smallest absolute Gasteiger partial charge is 0.145 e. The number of hydrogen-bond acceptors (Lipinski definition) is 3. The fourth-order valence-corrected chi connectivity index (χ4v) is 1.59. The van der Waals surface area contributed by atoms with E-state index in [4.69, 9.17) is 0 Å². The van der Waals surface area contributed by atoms with Gasteiger partial charge in [-0.1, -0.05) is 18.2 Å². The Morgan fingerprint density at radius 1 is 1.38 bits per heavy atom. The number of rotatable bonds is 4. The zero-order valence-corrected chi connectivity index (χ0v) is 9.35. The van der Waals surface area contributed by atoms with Crippen molar-refractivity contribution in [2.75, 3.05) is 5.32 Å². The second-order valence-corrected chi connectivity index (χ2v) is 3.81. The molecule has 16 heavy (non-hydrogen) atoms. The van der Waals surface area contributed by atoms with Crippen LogP contribution in [0.5, 0.6) is 0 Å². The van der Waals surface area contributed by atoms with Crippen LogP contribution in [-0.4, -0.2) is 16.0 Å².